The van der Waals surface area contributed by atoms with Crippen molar-refractivity contribution in [3.63, 3.8) is 0 Å². The Labute approximate surface area is 154 Å². The number of esters is 1. The van der Waals surface area contributed by atoms with E-state index in [1.54, 1.807) is 19.2 Å². The summed E-state index contributed by atoms with van der Waals surface area (Å²) < 4.78 is 9.91. The van der Waals surface area contributed by atoms with Crippen LogP contribution in [0.1, 0.15) is 35.6 Å². The van der Waals surface area contributed by atoms with Crippen LogP contribution in [0.5, 0.6) is 5.75 Å². The number of aryl methyl sites for hydroxylation is 2. The van der Waals surface area contributed by atoms with E-state index in [9.17, 15) is 9.59 Å². The lowest BCUT2D eigenvalue weighted by Crippen LogP contribution is -2.30. The van der Waals surface area contributed by atoms with Gasteiger partial charge in [-0.2, -0.15) is 0 Å². The molecule has 1 atom stereocenters. The average molecular weight is 355 g/mol. The molecule has 1 amide bonds. The third kappa shape index (κ3) is 5.92. The van der Waals surface area contributed by atoms with Gasteiger partial charge < -0.3 is 14.8 Å². The third-order valence-corrected chi connectivity index (χ3v) is 4.18. The van der Waals surface area contributed by atoms with Crippen molar-refractivity contribution in [2.45, 2.75) is 32.2 Å². The first kappa shape index (κ1) is 19.5. The summed E-state index contributed by atoms with van der Waals surface area (Å²) in [5, 5.41) is 2.94. The molecule has 1 N–H and O–H groups in total. The number of carbonyl (C=O) groups is 2. The lowest BCUT2D eigenvalue weighted by atomic mass is 10.0. The maximum atomic E-state index is 12.4. The Kier molecular flexibility index (Phi) is 7.21. The second-order valence-corrected chi connectivity index (χ2v) is 6.16. The van der Waals surface area contributed by atoms with Crippen LogP contribution in [0.3, 0.4) is 0 Å². The largest absolute Gasteiger partial charge is 0.497 e. The summed E-state index contributed by atoms with van der Waals surface area (Å²) in [4.78, 5) is 24.1. The van der Waals surface area contributed by atoms with E-state index in [0.717, 1.165) is 16.9 Å². The van der Waals surface area contributed by atoms with E-state index in [-0.39, 0.29) is 18.3 Å². The zero-order chi connectivity index (χ0) is 18.9. The van der Waals surface area contributed by atoms with E-state index < -0.39 is 6.04 Å². The van der Waals surface area contributed by atoms with Crippen molar-refractivity contribution in [3.05, 3.63) is 65.2 Å². The van der Waals surface area contributed by atoms with Gasteiger partial charge in [0.05, 0.1) is 26.7 Å². The molecule has 0 radical (unpaired) electrons. The number of methoxy groups -OCH3 is 2. The van der Waals surface area contributed by atoms with Gasteiger partial charge in [0.2, 0.25) is 5.91 Å². The summed E-state index contributed by atoms with van der Waals surface area (Å²) in [6, 6.07) is 15.0. The quantitative estimate of drug-likeness (QED) is 0.738. The maximum absolute atomic E-state index is 12.4. The molecule has 0 aromatic heterocycles. The predicted molar refractivity (Wildman–Crippen MR) is 100 cm³/mol. The van der Waals surface area contributed by atoms with Crippen molar-refractivity contribution < 1.29 is 19.1 Å². The van der Waals surface area contributed by atoms with Gasteiger partial charge >= 0.3 is 5.97 Å². The maximum Gasteiger partial charge on any atom is 0.307 e. The summed E-state index contributed by atoms with van der Waals surface area (Å²) in [6.07, 6.45) is 1.09. The number of carbonyl (C=O) groups excluding carboxylic acids is 2. The molecule has 1 unspecified atom stereocenters. The lowest BCUT2D eigenvalue weighted by Gasteiger charge is -2.18. The van der Waals surface area contributed by atoms with E-state index in [1.165, 1.54) is 12.7 Å². The molecule has 2 rings (SSSR count). The lowest BCUT2D eigenvalue weighted by molar-refractivity contribution is -0.141. The minimum atomic E-state index is -0.432. The highest BCUT2D eigenvalue weighted by atomic mass is 16.5. The monoisotopic (exact) mass is 355 g/mol. The van der Waals surface area contributed by atoms with Crippen LogP contribution in [0.4, 0.5) is 0 Å². The average Bonchev–Trinajstić information content (AvgIpc) is 2.66. The first-order chi connectivity index (χ1) is 12.5. The minimum Gasteiger partial charge on any atom is -0.497 e. The second kappa shape index (κ2) is 9.61. The molecule has 0 fully saturated rings. The van der Waals surface area contributed by atoms with Crippen molar-refractivity contribution >= 4 is 11.9 Å². The highest BCUT2D eigenvalue weighted by Gasteiger charge is 2.19. The van der Waals surface area contributed by atoms with Gasteiger partial charge in [0.25, 0.3) is 0 Å². The summed E-state index contributed by atoms with van der Waals surface area (Å²) in [5.74, 6) is 0.248. The minimum absolute atomic E-state index is 0.0824. The Morgan fingerprint density at radius 2 is 1.81 bits per heavy atom. The molecule has 0 aliphatic heterocycles. The highest BCUT2D eigenvalue weighted by Crippen LogP contribution is 2.21. The zero-order valence-electron chi connectivity index (χ0n) is 15.5. The molecule has 2 aromatic carbocycles. The summed E-state index contributed by atoms with van der Waals surface area (Å²) in [6.45, 7) is 2.03. The Bertz CT molecular complexity index is 740. The van der Waals surface area contributed by atoms with Gasteiger partial charge in [-0.3, -0.25) is 9.59 Å². The summed E-state index contributed by atoms with van der Waals surface area (Å²) in [5.41, 5.74) is 3.12. The van der Waals surface area contributed by atoms with Gasteiger partial charge in [0, 0.05) is 6.42 Å². The van der Waals surface area contributed by atoms with Crippen molar-refractivity contribution in [1.82, 2.24) is 5.32 Å². The van der Waals surface area contributed by atoms with Crippen LogP contribution in [0.25, 0.3) is 0 Å². The number of hydrogen-bond donors (Lipinski definition) is 1. The van der Waals surface area contributed by atoms with E-state index in [0.29, 0.717) is 12.8 Å². The number of hydrogen-bond acceptors (Lipinski definition) is 4. The molecule has 0 spiro atoms. The Hall–Kier alpha value is -2.82. The fourth-order valence-electron chi connectivity index (χ4n) is 2.73. The molecule has 0 saturated carbocycles. The van der Waals surface area contributed by atoms with Gasteiger partial charge in [0.1, 0.15) is 5.75 Å². The number of amides is 1. The molecule has 2 aromatic rings. The van der Waals surface area contributed by atoms with Crippen LogP contribution >= 0.6 is 0 Å². The van der Waals surface area contributed by atoms with Crippen LogP contribution in [0, 0.1) is 6.92 Å². The van der Waals surface area contributed by atoms with E-state index in [2.05, 4.69) is 11.4 Å². The van der Waals surface area contributed by atoms with Crippen molar-refractivity contribution in [2.24, 2.45) is 0 Å². The van der Waals surface area contributed by atoms with Gasteiger partial charge in [0.15, 0.2) is 0 Å². The van der Waals surface area contributed by atoms with Gasteiger partial charge in [-0.15, -0.1) is 0 Å². The molecule has 0 bridgehead atoms. The van der Waals surface area contributed by atoms with Crippen molar-refractivity contribution in [1.29, 1.82) is 0 Å². The first-order valence-electron chi connectivity index (χ1n) is 8.57. The van der Waals surface area contributed by atoms with E-state index in [4.69, 9.17) is 9.47 Å². The summed E-state index contributed by atoms with van der Waals surface area (Å²) in [7, 11) is 2.93. The number of nitrogens with one attached hydrogen (secondary N) is 1. The molecule has 5 nitrogen and oxygen atoms in total. The molecule has 0 aliphatic carbocycles. The first-order valence-corrected chi connectivity index (χ1v) is 8.57. The third-order valence-electron chi connectivity index (χ3n) is 4.18. The Balaban J connectivity index is 2.02. The van der Waals surface area contributed by atoms with Crippen molar-refractivity contribution in [3.8, 4) is 5.75 Å². The molecule has 26 heavy (non-hydrogen) atoms. The normalized spacial score (nSPS) is 11.5. The van der Waals surface area contributed by atoms with Gasteiger partial charge in [-0.25, -0.2) is 0 Å². The Morgan fingerprint density at radius 3 is 2.42 bits per heavy atom. The van der Waals surface area contributed by atoms with Gasteiger partial charge in [-0.05, 0) is 36.6 Å². The predicted octanol–water partition coefficient (Wildman–Crippen LogP) is 3.36. The molecule has 0 saturated heterocycles. The van der Waals surface area contributed by atoms with Crippen LogP contribution < -0.4 is 10.1 Å². The van der Waals surface area contributed by atoms with Crippen LogP contribution in [0.15, 0.2) is 48.5 Å². The molecule has 138 valence electrons. The second-order valence-electron chi connectivity index (χ2n) is 6.16. The Morgan fingerprint density at radius 1 is 1.08 bits per heavy atom. The number of ether oxygens (including phenoxy) is 2. The molecule has 0 aliphatic rings. The topological polar surface area (TPSA) is 64.6 Å². The SMILES string of the molecule is COC(=O)CC(NC(=O)CCc1cccc(C)c1)c1ccc(OC)cc1. The van der Waals surface area contributed by atoms with Crippen LogP contribution in [0.2, 0.25) is 0 Å². The molecule has 0 heterocycles. The smallest absolute Gasteiger partial charge is 0.307 e. The molecule has 5 heteroatoms. The van der Waals surface area contributed by atoms with E-state index in [1.807, 2.05) is 37.3 Å². The fraction of sp³-hybridized carbons (Fsp3) is 0.333. The molecular weight excluding hydrogens is 330 g/mol. The fourth-order valence-corrected chi connectivity index (χ4v) is 2.73. The highest BCUT2D eigenvalue weighted by molar-refractivity contribution is 5.78. The zero-order valence-corrected chi connectivity index (χ0v) is 15.5. The molecular formula is C21H25NO4. The van der Waals surface area contributed by atoms with Crippen LogP contribution in [-0.2, 0) is 20.7 Å². The number of benzene rings is 2. The summed E-state index contributed by atoms with van der Waals surface area (Å²) >= 11 is 0. The van der Waals surface area contributed by atoms with Gasteiger partial charge in [-0.1, -0.05) is 42.0 Å². The van der Waals surface area contributed by atoms with Crippen LogP contribution in [-0.4, -0.2) is 26.1 Å². The van der Waals surface area contributed by atoms with E-state index >= 15 is 0 Å². The van der Waals surface area contributed by atoms with Crippen molar-refractivity contribution in [2.75, 3.05) is 14.2 Å². The standard InChI is InChI=1S/C21H25NO4/c1-15-5-4-6-16(13-15)7-12-20(23)22-19(14-21(24)26-3)17-8-10-18(25-2)11-9-17/h4-6,8-11,13,19H,7,12,14H2,1-3H3,(H,22,23). The number of rotatable bonds is 8.